The SMILES string of the molecule is CCN(C(=O)Cn1c(C(=O)NC2CCC(C(=O)NCCCCCCCC(=O)NCCOCCOCCOCCC(=O)N[C@@H](C(=O)N3CC[C@H](C(=O)NCc4ccc(-c5scnc5C)cc4)C3)C(C)(C)C)CC2)cc2sccc21)c1cccc(C)c1. The number of aryl methyl sites for hydroxylation is 2. The van der Waals surface area contributed by atoms with E-state index < -0.39 is 11.5 Å². The molecule has 2 fully saturated rings. The maximum absolute atomic E-state index is 13.7. The second-order valence-electron chi connectivity index (χ2n) is 23.3. The van der Waals surface area contributed by atoms with Crippen LogP contribution in [0, 0.1) is 31.1 Å². The van der Waals surface area contributed by atoms with E-state index in [0.29, 0.717) is 117 Å². The van der Waals surface area contributed by atoms with Crippen LogP contribution >= 0.6 is 22.7 Å². The van der Waals surface area contributed by atoms with Crippen LogP contribution < -0.4 is 31.5 Å². The number of anilines is 1. The van der Waals surface area contributed by atoms with Gasteiger partial charge in [0.15, 0.2) is 0 Å². The fourth-order valence-corrected chi connectivity index (χ4v) is 12.5. The van der Waals surface area contributed by atoms with Crippen molar-refractivity contribution < 1.29 is 47.8 Å². The first kappa shape index (κ1) is 66.0. The van der Waals surface area contributed by atoms with Crippen molar-refractivity contribution in [3.63, 3.8) is 0 Å². The average molecular weight is 1210 g/mol. The van der Waals surface area contributed by atoms with Gasteiger partial charge in [-0.15, -0.1) is 22.7 Å². The molecule has 19 nitrogen and oxygen atoms in total. The zero-order chi connectivity index (χ0) is 60.7. The number of ether oxygens (including phenoxy) is 3. The molecule has 0 spiro atoms. The Morgan fingerprint density at radius 3 is 2.14 bits per heavy atom. The summed E-state index contributed by atoms with van der Waals surface area (Å²) >= 11 is 3.15. The number of nitrogens with one attached hydrogen (secondary N) is 5. The topological polar surface area (TPSA) is 232 Å². The van der Waals surface area contributed by atoms with Gasteiger partial charge in [0, 0.05) is 69.8 Å². The highest BCUT2D eigenvalue weighted by Gasteiger charge is 2.40. The van der Waals surface area contributed by atoms with Gasteiger partial charge in [-0.25, -0.2) is 4.98 Å². The van der Waals surface area contributed by atoms with E-state index in [1.165, 1.54) is 0 Å². The smallest absolute Gasteiger partial charge is 0.268 e. The minimum Gasteiger partial charge on any atom is -0.379 e. The van der Waals surface area contributed by atoms with Crippen LogP contribution in [-0.2, 0) is 56.1 Å². The molecule has 1 saturated heterocycles. The third-order valence-corrected chi connectivity index (χ3v) is 17.6. The highest BCUT2D eigenvalue weighted by Crippen LogP contribution is 2.31. The third-order valence-electron chi connectivity index (χ3n) is 15.8. The largest absolute Gasteiger partial charge is 0.379 e. The Morgan fingerprint density at radius 1 is 0.729 bits per heavy atom. The molecule has 3 aromatic heterocycles. The van der Waals surface area contributed by atoms with E-state index in [0.717, 1.165) is 75.3 Å². The van der Waals surface area contributed by atoms with E-state index in [2.05, 4.69) is 31.6 Å². The zero-order valence-corrected chi connectivity index (χ0v) is 52.2. The molecule has 2 atom stereocenters. The maximum Gasteiger partial charge on any atom is 0.268 e. The number of hydrogen-bond donors (Lipinski definition) is 5. The van der Waals surface area contributed by atoms with Gasteiger partial charge in [0.2, 0.25) is 35.4 Å². The molecule has 2 aromatic carbocycles. The first-order valence-electron chi connectivity index (χ1n) is 30.4. The summed E-state index contributed by atoms with van der Waals surface area (Å²) in [5, 5.41) is 17.1. The molecule has 2 aliphatic rings. The number of unbranched alkanes of at least 4 members (excludes halogenated alkanes) is 4. The maximum atomic E-state index is 13.7. The lowest BCUT2D eigenvalue weighted by molar-refractivity contribution is -0.139. The van der Waals surface area contributed by atoms with E-state index in [-0.39, 0.29) is 78.8 Å². The van der Waals surface area contributed by atoms with Crippen LogP contribution in [0.4, 0.5) is 5.69 Å². The highest BCUT2D eigenvalue weighted by molar-refractivity contribution is 7.17. The van der Waals surface area contributed by atoms with Crippen LogP contribution in [0.5, 0.6) is 0 Å². The van der Waals surface area contributed by atoms with E-state index >= 15 is 0 Å². The molecule has 0 radical (unpaired) electrons. The number of hydrogen-bond acceptors (Lipinski definition) is 13. The van der Waals surface area contributed by atoms with E-state index in [1.807, 2.05) is 118 Å². The summed E-state index contributed by atoms with van der Waals surface area (Å²) in [5.41, 5.74) is 7.61. The molecule has 1 aliphatic heterocycles. The molecule has 5 N–H and O–H groups in total. The van der Waals surface area contributed by atoms with Crippen LogP contribution in [-0.4, -0.2) is 140 Å². The molecule has 0 bridgehead atoms. The van der Waals surface area contributed by atoms with Crippen molar-refractivity contribution in [1.29, 1.82) is 0 Å². The van der Waals surface area contributed by atoms with E-state index in [9.17, 15) is 33.6 Å². The number of carbonyl (C=O) groups excluding carboxylic acids is 7. The van der Waals surface area contributed by atoms with Crippen molar-refractivity contribution >= 4 is 79.9 Å². The minimum atomic E-state index is -0.757. The molecule has 5 aromatic rings. The third kappa shape index (κ3) is 20.3. The number of likely N-dealkylation sites (N-methyl/N-ethyl adjacent to an activating group) is 1. The number of carbonyl (C=O) groups is 7. The Balaban J connectivity index is 0.642. The first-order valence-corrected chi connectivity index (χ1v) is 32.1. The number of rotatable bonds is 33. The lowest BCUT2D eigenvalue weighted by Gasteiger charge is -2.33. The Labute approximate surface area is 509 Å². The van der Waals surface area contributed by atoms with E-state index in [4.69, 9.17) is 14.2 Å². The molecule has 1 aliphatic carbocycles. The minimum absolute atomic E-state index is 0.00878. The Morgan fingerprint density at radius 2 is 1.44 bits per heavy atom. The van der Waals surface area contributed by atoms with Crippen molar-refractivity contribution in [2.45, 2.75) is 144 Å². The van der Waals surface area contributed by atoms with Crippen molar-refractivity contribution in [3.8, 4) is 10.4 Å². The summed E-state index contributed by atoms with van der Waals surface area (Å²) in [6.45, 7) is 16.3. The number of aromatic nitrogens is 2. The predicted molar refractivity (Wildman–Crippen MR) is 333 cm³/mol. The number of benzene rings is 2. The molecule has 1 saturated carbocycles. The predicted octanol–water partition coefficient (Wildman–Crippen LogP) is 8.49. The van der Waals surface area contributed by atoms with Crippen LogP contribution in [0.15, 0.2) is 71.6 Å². The van der Waals surface area contributed by atoms with Gasteiger partial charge < -0.3 is 55.2 Å². The van der Waals surface area contributed by atoms with Crippen LogP contribution in [0.3, 0.4) is 0 Å². The Hall–Kier alpha value is -6.52. The summed E-state index contributed by atoms with van der Waals surface area (Å²) in [5.74, 6) is -1.21. The Kier molecular flexibility index (Phi) is 25.9. The molecule has 21 heteroatoms. The van der Waals surface area contributed by atoms with Gasteiger partial charge >= 0.3 is 0 Å². The van der Waals surface area contributed by atoms with Crippen LogP contribution in [0.2, 0.25) is 0 Å². The van der Waals surface area contributed by atoms with Gasteiger partial charge in [-0.05, 0) is 117 Å². The number of thiazole rings is 1. The van der Waals surface area contributed by atoms with Gasteiger partial charge in [0.1, 0.15) is 18.3 Å². The number of thiophene rings is 1. The van der Waals surface area contributed by atoms with Crippen LogP contribution in [0.1, 0.15) is 132 Å². The molecule has 7 amide bonds. The van der Waals surface area contributed by atoms with Crippen molar-refractivity contribution in [2.75, 3.05) is 77.3 Å². The number of likely N-dealkylation sites (tertiary alicyclic amines) is 1. The van der Waals surface area contributed by atoms with Crippen LogP contribution in [0.25, 0.3) is 20.7 Å². The summed E-state index contributed by atoms with van der Waals surface area (Å²) in [7, 11) is 0. The molecule has 462 valence electrons. The molecule has 0 unspecified atom stereocenters. The molecule has 7 rings (SSSR count). The van der Waals surface area contributed by atoms with Gasteiger partial charge in [-0.3, -0.25) is 33.6 Å². The zero-order valence-electron chi connectivity index (χ0n) is 50.6. The fourth-order valence-electron chi connectivity index (χ4n) is 10.9. The summed E-state index contributed by atoms with van der Waals surface area (Å²) in [6, 6.07) is 19.0. The molecule has 4 heterocycles. The molecule has 85 heavy (non-hydrogen) atoms. The molecular weight excluding hydrogens is 1120 g/mol. The van der Waals surface area contributed by atoms with Crippen molar-refractivity contribution in [3.05, 3.63) is 94.1 Å². The van der Waals surface area contributed by atoms with Gasteiger partial charge in [0.25, 0.3) is 5.91 Å². The summed E-state index contributed by atoms with van der Waals surface area (Å²) < 4.78 is 19.6. The highest BCUT2D eigenvalue weighted by atomic mass is 32.1. The normalized spacial score (nSPS) is 16.4. The average Bonchev–Trinajstić information content (AvgIpc) is 2.16. The molecular formula is C64H89N9O10S2. The number of fused-ring (bicyclic) bond motifs is 1. The second kappa shape index (κ2) is 33.4. The van der Waals surface area contributed by atoms with Gasteiger partial charge in [0.05, 0.1) is 71.9 Å². The lowest BCUT2D eigenvalue weighted by Crippen LogP contribution is -2.54. The monoisotopic (exact) mass is 1210 g/mol. The fraction of sp³-hybridized carbons (Fsp3) is 0.562. The Bertz CT molecular complexity index is 2980. The van der Waals surface area contributed by atoms with Crippen molar-refractivity contribution in [2.24, 2.45) is 17.3 Å². The quantitative estimate of drug-likeness (QED) is 0.0250. The lowest BCUT2D eigenvalue weighted by atomic mass is 9.85. The summed E-state index contributed by atoms with van der Waals surface area (Å²) in [4.78, 5) is 101. The second-order valence-corrected chi connectivity index (χ2v) is 25.2. The summed E-state index contributed by atoms with van der Waals surface area (Å²) in [6.07, 6.45) is 8.45. The van der Waals surface area contributed by atoms with Gasteiger partial charge in [-0.2, -0.15) is 0 Å². The standard InChI is InChI=1S/C64H89N9O10S2/c1-7-72(51-15-13-14-44(2)38-51)57(76)42-73-52-27-37-84-54(52)39-53(73)62(79)69-50-23-21-48(22-24-50)60(77)66-28-12-10-8-9-11-16-55(74)65-29-32-82-34-36-83-35-33-81-31-26-56(75)70-59(64(4,5)6)63(80)71-30-25-49(41-71)61(78)67-40-46-17-19-47(20-18-46)58-45(3)68-43-85-58/h13-15,17-20,27,37-39,43,48-50,59H,7-12,16,21-26,28-36,40-42H2,1-6H3,(H,65,74)(H,66,77)(H,67,78)(H,69,79)(H,70,75)/t48?,49-,50?,59-/m0/s1. The number of nitrogens with zero attached hydrogens (tertiary/aromatic N) is 4. The first-order chi connectivity index (χ1) is 41.0. The van der Waals surface area contributed by atoms with Gasteiger partial charge in [-0.1, -0.05) is 76.4 Å². The number of amides is 7. The van der Waals surface area contributed by atoms with Crippen molar-refractivity contribution in [1.82, 2.24) is 41.0 Å². The van der Waals surface area contributed by atoms with E-state index in [1.54, 1.807) is 32.5 Å².